The number of para-hydroxylation sites is 1. The van der Waals surface area contributed by atoms with Gasteiger partial charge in [-0.05, 0) is 38.8 Å². The molecule has 0 spiro atoms. The first-order valence-corrected chi connectivity index (χ1v) is 8.71. The van der Waals surface area contributed by atoms with Crippen molar-refractivity contribution in [1.29, 1.82) is 0 Å². The summed E-state index contributed by atoms with van der Waals surface area (Å²) in [6, 6.07) is 10.1. The van der Waals surface area contributed by atoms with Gasteiger partial charge in [0.15, 0.2) is 0 Å². The second-order valence-electron chi connectivity index (χ2n) is 6.93. The fourth-order valence-electron chi connectivity index (χ4n) is 3.56. The Bertz CT molecular complexity index is 726. The van der Waals surface area contributed by atoms with Gasteiger partial charge in [-0.1, -0.05) is 18.2 Å². The number of morpholine rings is 1. The molecular formula is C19H23N3O2. The summed E-state index contributed by atoms with van der Waals surface area (Å²) in [6.45, 7) is 5.32. The summed E-state index contributed by atoms with van der Waals surface area (Å²) in [5.41, 5.74) is 2.84. The number of carbonyl (C=O) groups excluding carboxylic acids is 1. The molecule has 126 valence electrons. The van der Waals surface area contributed by atoms with Gasteiger partial charge in [0.1, 0.15) is 0 Å². The Morgan fingerprint density at radius 3 is 2.42 bits per heavy atom. The summed E-state index contributed by atoms with van der Waals surface area (Å²) < 4.78 is 7.69. The van der Waals surface area contributed by atoms with Crippen LogP contribution in [-0.2, 0) is 4.74 Å². The number of amides is 1. The lowest BCUT2D eigenvalue weighted by atomic mass is 10.1. The molecule has 2 atom stereocenters. The highest BCUT2D eigenvalue weighted by Gasteiger charge is 2.35. The van der Waals surface area contributed by atoms with Crippen molar-refractivity contribution >= 4 is 5.91 Å². The van der Waals surface area contributed by atoms with E-state index in [0.717, 1.165) is 29.8 Å². The second-order valence-corrected chi connectivity index (χ2v) is 6.93. The Balaban J connectivity index is 1.68. The number of hydrogen-bond donors (Lipinski definition) is 0. The number of hydrogen-bond acceptors (Lipinski definition) is 3. The van der Waals surface area contributed by atoms with E-state index in [-0.39, 0.29) is 18.1 Å². The van der Waals surface area contributed by atoms with Gasteiger partial charge in [0.25, 0.3) is 5.91 Å². The Morgan fingerprint density at radius 1 is 1.12 bits per heavy atom. The van der Waals surface area contributed by atoms with E-state index in [9.17, 15) is 4.79 Å². The summed E-state index contributed by atoms with van der Waals surface area (Å²) in [4.78, 5) is 15.0. The van der Waals surface area contributed by atoms with Crippen molar-refractivity contribution in [3.05, 3.63) is 47.8 Å². The molecule has 1 aromatic heterocycles. The van der Waals surface area contributed by atoms with Crippen LogP contribution in [-0.4, -0.2) is 45.9 Å². The van der Waals surface area contributed by atoms with Crippen molar-refractivity contribution in [1.82, 2.24) is 14.7 Å². The molecule has 1 amide bonds. The van der Waals surface area contributed by atoms with E-state index >= 15 is 0 Å². The molecule has 2 aromatic rings. The first-order valence-electron chi connectivity index (χ1n) is 8.71. The molecule has 0 unspecified atom stereocenters. The molecule has 24 heavy (non-hydrogen) atoms. The smallest absolute Gasteiger partial charge is 0.257 e. The van der Waals surface area contributed by atoms with E-state index in [1.807, 2.05) is 53.8 Å². The highest BCUT2D eigenvalue weighted by Crippen LogP contribution is 2.42. The normalized spacial score (nSPS) is 24.2. The predicted octanol–water partition coefficient (Wildman–Crippen LogP) is 3.00. The summed E-state index contributed by atoms with van der Waals surface area (Å²) in [5.74, 6) is 0.531. The van der Waals surface area contributed by atoms with Crippen LogP contribution in [0.3, 0.4) is 0 Å². The molecular weight excluding hydrogens is 302 g/mol. The Labute approximate surface area is 142 Å². The van der Waals surface area contributed by atoms with Crippen LogP contribution in [0.5, 0.6) is 0 Å². The maximum absolute atomic E-state index is 13.1. The summed E-state index contributed by atoms with van der Waals surface area (Å²) >= 11 is 0. The third-order valence-electron chi connectivity index (χ3n) is 4.71. The molecule has 5 heteroatoms. The lowest BCUT2D eigenvalue weighted by Gasteiger charge is -2.35. The van der Waals surface area contributed by atoms with Gasteiger partial charge in [0.2, 0.25) is 0 Å². The molecule has 0 bridgehead atoms. The zero-order valence-corrected chi connectivity index (χ0v) is 14.2. The van der Waals surface area contributed by atoms with Gasteiger partial charge in [-0.3, -0.25) is 4.79 Å². The largest absolute Gasteiger partial charge is 0.372 e. The van der Waals surface area contributed by atoms with E-state index in [2.05, 4.69) is 5.10 Å². The van der Waals surface area contributed by atoms with Gasteiger partial charge in [-0.15, -0.1) is 0 Å². The third kappa shape index (κ3) is 2.84. The second kappa shape index (κ2) is 6.06. The van der Waals surface area contributed by atoms with Gasteiger partial charge in [0.05, 0.1) is 35.3 Å². The maximum Gasteiger partial charge on any atom is 0.257 e. The minimum Gasteiger partial charge on any atom is -0.372 e. The zero-order chi connectivity index (χ0) is 16.7. The van der Waals surface area contributed by atoms with Gasteiger partial charge in [-0.25, -0.2) is 4.68 Å². The lowest BCUT2D eigenvalue weighted by Crippen LogP contribution is -2.48. The van der Waals surface area contributed by atoms with E-state index in [4.69, 9.17) is 4.74 Å². The van der Waals surface area contributed by atoms with Crippen molar-refractivity contribution in [2.24, 2.45) is 0 Å². The first kappa shape index (κ1) is 15.4. The van der Waals surface area contributed by atoms with Crippen LogP contribution in [0.2, 0.25) is 0 Å². The zero-order valence-electron chi connectivity index (χ0n) is 14.2. The molecule has 2 aliphatic rings. The van der Waals surface area contributed by atoms with Crippen LogP contribution in [0.25, 0.3) is 5.69 Å². The average Bonchev–Trinajstić information content (AvgIpc) is 3.32. The highest BCUT2D eigenvalue weighted by molar-refractivity contribution is 5.95. The van der Waals surface area contributed by atoms with Crippen LogP contribution >= 0.6 is 0 Å². The van der Waals surface area contributed by atoms with E-state index in [1.165, 1.54) is 0 Å². The molecule has 1 saturated heterocycles. The lowest BCUT2D eigenvalue weighted by molar-refractivity contribution is -0.0586. The summed E-state index contributed by atoms with van der Waals surface area (Å²) in [7, 11) is 0. The maximum atomic E-state index is 13.1. The van der Waals surface area contributed by atoms with Gasteiger partial charge >= 0.3 is 0 Å². The van der Waals surface area contributed by atoms with Crippen LogP contribution in [0.15, 0.2) is 36.5 Å². The molecule has 4 rings (SSSR count). The number of rotatable bonds is 3. The molecule has 0 radical (unpaired) electrons. The molecule has 1 aliphatic carbocycles. The fourth-order valence-corrected chi connectivity index (χ4v) is 3.56. The monoisotopic (exact) mass is 325 g/mol. The quantitative estimate of drug-likeness (QED) is 0.871. The van der Waals surface area contributed by atoms with Crippen LogP contribution in [0.4, 0.5) is 0 Å². The SMILES string of the molecule is C[C@@H]1CN(C(=O)c2cnn(-c3ccccc3)c2C2CC2)C[C@H](C)O1. The van der Waals surface area contributed by atoms with Crippen LogP contribution in [0, 0.1) is 0 Å². The molecule has 1 aliphatic heterocycles. The third-order valence-corrected chi connectivity index (χ3v) is 4.71. The minimum atomic E-state index is 0.0752. The Kier molecular flexibility index (Phi) is 3.88. The number of ether oxygens (including phenoxy) is 1. The van der Waals surface area contributed by atoms with Crippen molar-refractivity contribution in [2.75, 3.05) is 13.1 Å². The number of carbonyl (C=O) groups is 1. The number of benzene rings is 1. The topological polar surface area (TPSA) is 47.4 Å². The van der Waals surface area contributed by atoms with Gasteiger partial charge in [-0.2, -0.15) is 5.10 Å². The molecule has 1 saturated carbocycles. The summed E-state index contributed by atoms with van der Waals surface area (Å²) in [6.07, 6.45) is 4.16. The Hall–Kier alpha value is -2.14. The van der Waals surface area contributed by atoms with E-state index in [1.54, 1.807) is 6.20 Å². The predicted molar refractivity (Wildman–Crippen MR) is 91.5 cm³/mol. The molecule has 5 nitrogen and oxygen atoms in total. The van der Waals surface area contributed by atoms with E-state index in [0.29, 0.717) is 19.0 Å². The molecule has 2 heterocycles. The van der Waals surface area contributed by atoms with Crippen molar-refractivity contribution in [2.45, 2.75) is 44.8 Å². The molecule has 2 fully saturated rings. The highest BCUT2D eigenvalue weighted by atomic mass is 16.5. The molecule has 1 aromatic carbocycles. The Morgan fingerprint density at radius 2 is 1.79 bits per heavy atom. The summed E-state index contributed by atoms with van der Waals surface area (Å²) in [5, 5.41) is 4.54. The first-order chi connectivity index (χ1) is 11.6. The minimum absolute atomic E-state index is 0.0752. The van der Waals surface area contributed by atoms with Gasteiger partial charge < -0.3 is 9.64 Å². The number of nitrogens with zero attached hydrogens (tertiary/aromatic N) is 3. The van der Waals surface area contributed by atoms with Crippen LogP contribution in [0.1, 0.15) is 48.7 Å². The van der Waals surface area contributed by atoms with E-state index < -0.39 is 0 Å². The van der Waals surface area contributed by atoms with Crippen molar-refractivity contribution in [3.8, 4) is 5.69 Å². The van der Waals surface area contributed by atoms with Gasteiger partial charge in [0, 0.05) is 19.0 Å². The average molecular weight is 325 g/mol. The standard InChI is InChI=1S/C19H23N3O2/c1-13-11-21(12-14(2)24-13)19(23)17-10-20-22(18(17)15-8-9-15)16-6-4-3-5-7-16/h3-7,10,13-15H,8-9,11-12H2,1-2H3/t13-,14+. The fraction of sp³-hybridized carbons (Fsp3) is 0.474. The molecule has 0 N–H and O–H groups in total. The van der Waals surface area contributed by atoms with Crippen molar-refractivity contribution in [3.63, 3.8) is 0 Å². The van der Waals surface area contributed by atoms with Crippen molar-refractivity contribution < 1.29 is 9.53 Å². The van der Waals surface area contributed by atoms with Crippen LogP contribution < -0.4 is 0 Å². The number of aromatic nitrogens is 2.